The number of hydrogen-bond donors (Lipinski definition) is 1. The van der Waals surface area contributed by atoms with Gasteiger partial charge in [-0.15, -0.1) is 0 Å². The fraction of sp³-hybridized carbons (Fsp3) is 0.250. The number of nitrogens with one attached hydrogen (secondary N) is 1. The van der Waals surface area contributed by atoms with E-state index in [9.17, 15) is 14.4 Å². The summed E-state index contributed by atoms with van der Waals surface area (Å²) in [5.41, 5.74) is 2.62. The molecule has 1 saturated heterocycles. The second-order valence-electron chi connectivity index (χ2n) is 9.03. The predicted molar refractivity (Wildman–Crippen MR) is 150 cm³/mol. The second kappa shape index (κ2) is 12.1. The van der Waals surface area contributed by atoms with Gasteiger partial charge in [-0.1, -0.05) is 75.5 Å². The number of benzene rings is 3. The van der Waals surface area contributed by atoms with Crippen LogP contribution >= 0.6 is 39.1 Å². The Kier molecular flexibility index (Phi) is 8.90. The zero-order chi connectivity index (χ0) is 26.5. The van der Waals surface area contributed by atoms with E-state index in [-0.39, 0.29) is 22.5 Å². The Bertz CT molecular complexity index is 1310. The van der Waals surface area contributed by atoms with Crippen molar-refractivity contribution in [2.45, 2.75) is 25.3 Å². The lowest BCUT2D eigenvalue weighted by atomic mass is 9.89. The molecule has 1 aliphatic heterocycles. The van der Waals surface area contributed by atoms with E-state index in [1.165, 1.54) is 11.0 Å². The summed E-state index contributed by atoms with van der Waals surface area (Å²) in [7, 11) is 1.71. The molecule has 1 heterocycles. The Balaban J connectivity index is 1.37. The highest BCUT2D eigenvalue weighted by molar-refractivity contribution is 9.10. The quantitative estimate of drug-likeness (QED) is 0.345. The number of piperidine rings is 1. The highest BCUT2D eigenvalue weighted by atomic mass is 79.9. The van der Waals surface area contributed by atoms with E-state index in [1.807, 2.05) is 48.5 Å². The van der Waals surface area contributed by atoms with Crippen LogP contribution in [-0.2, 0) is 16.1 Å². The molecule has 9 heteroatoms. The van der Waals surface area contributed by atoms with Gasteiger partial charge in [0.2, 0.25) is 0 Å². The molecule has 6 nitrogen and oxygen atoms in total. The van der Waals surface area contributed by atoms with E-state index in [2.05, 4.69) is 21.2 Å². The van der Waals surface area contributed by atoms with E-state index in [4.69, 9.17) is 23.2 Å². The molecular weight excluding hydrogens is 577 g/mol. The molecule has 3 aromatic rings. The molecule has 1 aliphatic rings. The monoisotopic (exact) mass is 601 g/mol. The van der Waals surface area contributed by atoms with Gasteiger partial charge in [0.15, 0.2) is 0 Å². The van der Waals surface area contributed by atoms with Crippen LogP contribution in [0.2, 0.25) is 10.0 Å². The number of likely N-dealkylation sites (tertiary alicyclic amines) is 1. The number of carbonyl (C=O) groups is 3. The molecular formula is C28H26BrCl2N3O3. The largest absolute Gasteiger partial charge is 0.337 e. The molecule has 37 heavy (non-hydrogen) atoms. The third-order valence-corrected chi connectivity index (χ3v) is 7.60. The molecule has 0 bridgehead atoms. The van der Waals surface area contributed by atoms with E-state index in [1.54, 1.807) is 24.1 Å². The van der Waals surface area contributed by atoms with Crippen LogP contribution in [0.3, 0.4) is 0 Å². The van der Waals surface area contributed by atoms with Crippen molar-refractivity contribution in [2.75, 3.05) is 25.5 Å². The molecule has 0 saturated carbocycles. The minimum Gasteiger partial charge on any atom is -0.337 e. The standard InChI is InChI=1S/C28H26BrCl2N3O3/c1-33(17-18-5-3-2-4-6-18)27(36)20-7-10-23(30)25(15-20)32-26(35)28(37)34-13-11-19(12-14-34)22-9-8-21(29)16-24(22)31/h2-10,15-16,19H,11-14,17H2,1H3,(H,32,35). The third kappa shape index (κ3) is 6.72. The zero-order valence-electron chi connectivity index (χ0n) is 20.2. The van der Waals surface area contributed by atoms with Gasteiger partial charge in [-0.05, 0) is 60.2 Å². The van der Waals surface area contributed by atoms with Crippen molar-refractivity contribution >= 4 is 62.5 Å². The van der Waals surface area contributed by atoms with E-state index >= 15 is 0 Å². The highest BCUT2D eigenvalue weighted by Gasteiger charge is 2.29. The maximum atomic E-state index is 13.0. The Morgan fingerprint density at radius 2 is 1.68 bits per heavy atom. The summed E-state index contributed by atoms with van der Waals surface area (Å²) in [6, 6.07) is 20.1. The minimum absolute atomic E-state index is 0.218. The molecule has 1 N–H and O–H groups in total. The number of amides is 3. The van der Waals surface area contributed by atoms with Crippen LogP contribution in [0.25, 0.3) is 0 Å². The lowest BCUT2D eigenvalue weighted by molar-refractivity contribution is -0.143. The summed E-state index contributed by atoms with van der Waals surface area (Å²) in [6.45, 7) is 1.32. The summed E-state index contributed by atoms with van der Waals surface area (Å²) in [5.74, 6) is -1.42. The molecule has 0 aromatic heterocycles. The molecule has 0 unspecified atom stereocenters. The molecule has 0 spiro atoms. The normalized spacial score (nSPS) is 13.8. The number of rotatable bonds is 5. The summed E-state index contributed by atoms with van der Waals surface area (Å²) in [6.07, 6.45) is 1.41. The van der Waals surface area contributed by atoms with Crippen molar-refractivity contribution in [3.05, 3.63) is 97.9 Å². The molecule has 192 valence electrons. The van der Waals surface area contributed by atoms with E-state index in [0.717, 1.165) is 15.6 Å². The Morgan fingerprint density at radius 3 is 2.35 bits per heavy atom. The van der Waals surface area contributed by atoms with Gasteiger partial charge >= 0.3 is 11.8 Å². The lowest BCUT2D eigenvalue weighted by Gasteiger charge is -2.32. The van der Waals surface area contributed by atoms with E-state index in [0.29, 0.717) is 43.1 Å². The summed E-state index contributed by atoms with van der Waals surface area (Å²) in [4.78, 5) is 41.7. The molecule has 3 aromatic carbocycles. The average molecular weight is 603 g/mol. The van der Waals surface area contributed by atoms with Crippen molar-refractivity contribution < 1.29 is 14.4 Å². The van der Waals surface area contributed by atoms with Crippen molar-refractivity contribution in [2.24, 2.45) is 0 Å². The van der Waals surface area contributed by atoms with Crippen LogP contribution < -0.4 is 5.32 Å². The average Bonchev–Trinajstić information content (AvgIpc) is 2.90. The van der Waals surface area contributed by atoms with Gasteiger partial charge in [0.25, 0.3) is 5.91 Å². The van der Waals surface area contributed by atoms with Gasteiger partial charge in [0.1, 0.15) is 0 Å². The summed E-state index contributed by atoms with van der Waals surface area (Å²) < 4.78 is 0.915. The van der Waals surface area contributed by atoms with Gasteiger partial charge in [0.05, 0.1) is 10.7 Å². The maximum absolute atomic E-state index is 13.0. The third-order valence-electron chi connectivity index (χ3n) is 6.45. The molecule has 0 radical (unpaired) electrons. The topological polar surface area (TPSA) is 69.7 Å². The number of anilines is 1. The van der Waals surface area contributed by atoms with Crippen molar-refractivity contribution in [3.8, 4) is 0 Å². The number of carbonyl (C=O) groups excluding carboxylic acids is 3. The first kappa shape index (κ1) is 27.2. The van der Waals surface area contributed by atoms with Crippen molar-refractivity contribution in [1.29, 1.82) is 0 Å². The molecule has 4 rings (SSSR count). The van der Waals surface area contributed by atoms with Gasteiger partial charge in [-0.2, -0.15) is 0 Å². The van der Waals surface area contributed by atoms with Crippen LogP contribution in [0.1, 0.15) is 40.2 Å². The first-order valence-electron chi connectivity index (χ1n) is 11.9. The molecule has 3 amide bonds. The first-order valence-corrected chi connectivity index (χ1v) is 13.4. The maximum Gasteiger partial charge on any atom is 0.313 e. The minimum atomic E-state index is -0.788. The number of halogens is 3. The molecule has 1 fully saturated rings. The molecule has 0 atom stereocenters. The Morgan fingerprint density at radius 1 is 0.973 bits per heavy atom. The molecule has 0 aliphatic carbocycles. The van der Waals surface area contributed by atoms with Crippen LogP contribution in [-0.4, -0.2) is 47.7 Å². The number of hydrogen-bond acceptors (Lipinski definition) is 3. The van der Waals surface area contributed by atoms with Gasteiger partial charge in [0, 0.05) is 41.7 Å². The smallest absolute Gasteiger partial charge is 0.313 e. The van der Waals surface area contributed by atoms with Gasteiger partial charge in [-0.3, -0.25) is 14.4 Å². The van der Waals surface area contributed by atoms with E-state index < -0.39 is 11.8 Å². The Hall–Kier alpha value is -2.87. The highest BCUT2D eigenvalue weighted by Crippen LogP contribution is 2.34. The lowest BCUT2D eigenvalue weighted by Crippen LogP contribution is -2.43. The summed E-state index contributed by atoms with van der Waals surface area (Å²) >= 11 is 16.1. The van der Waals surface area contributed by atoms with Crippen LogP contribution in [0.15, 0.2) is 71.2 Å². The zero-order valence-corrected chi connectivity index (χ0v) is 23.3. The van der Waals surface area contributed by atoms with Gasteiger partial charge < -0.3 is 15.1 Å². The van der Waals surface area contributed by atoms with Gasteiger partial charge in [-0.25, -0.2) is 0 Å². The van der Waals surface area contributed by atoms with Crippen LogP contribution in [0.5, 0.6) is 0 Å². The fourth-order valence-corrected chi connectivity index (χ4v) is 5.44. The SMILES string of the molecule is CN(Cc1ccccc1)C(=O)c1ccc(Cl)c(NC(=O)C(=O)N2CCC(c3ccc(Br)cc3Cl)CC2)c1. The van der Waals surface area contributed by atoms with Crippen molar-refractivity contribution in [1.82, 2.24) is 9.80 Å². The Labute approximate surface area is 234 Å². The fourth-order valence-electron chi connectivity index (χ4n) is 4.45. The summed E-state index contributed by atoms with van der Waals surface area (Å²) in [5, 5.41) is 3.52. The van der Waals surface area contributed by atoms with Crippen LogP contribution in [0.4, 0.5) is 5.69 Å². The van der Waals surface area contributed by atoms with Crippen LogP contribution in [0, 0.1) is 0 Å². The first-order chi connectivity index (χ1) is 17.7. The second-order valence-corrected chi connectivity index (χ2v) is 10.8. The number of nitrogens with zero attached hydrogens (tertiary/aromatic N) is 2. The van der Waals surface area contributed by atoms with Crippen molar-refractivity contribution in [3.63, 3.8) is 0 Å². The predicted octanol–water partition coefficient (Wildman–Crippen LogP) is 6.37.